The molecular formula is C28H32N6O6. The number of guanidine groups is 2. The van der Waals surface area contributed by atoms with E-state index in [4.69, 9.17) is 18.9 Å². The van der Waals surface area contributed by atoms with Gasteiger partial charge in [-0.05, 0) is 74.5 Å². The standard InChI is InChI=1S/C28H32N6O6/c1-5-37-27(35)33-25(29-3)31-19-10-14-21(15-11-19)39-23-8-7-9-24(18-23)40-22-16-12-20(13-17-22)32-26(30-4)34-28(36)38-6-2/h7-18H,5-6H2,1-4H3,(H2,29,31,33,35)(H2,30,32,34,36). The third-order valence-electron chi connectivity index (χ3n) is 4.95. The number of hydrogen-bond acceptors (Lipinski definition) is 8. The normalized spacial score (nSPS) is 11.2. The highest BCUT2D eigenvalue weighted by Crippen LogP contribution is 2.29. The molecule has 12 heteroatoms. The van der Waals surface area contributed by atoms with E-state index in [1.807, 2.05) is 18.2 Å². The van der Waals surface area contributed by atoms with E-state index in [1.165, 1.54) is 0 Å². The molecule has 12 nitrogen and oxygen atoms in total. The van der Waals surface area contributed by atoms with Gasteiger partial charge in [0.1, 0.15) is 23.0 Å². The number of amides is 2. The highest BCUT2D eigenvalue weighted by atomic mass is 16.6. The van der Waals surface area contributed by atoms with Crippen molar-refractivity contribution in [1.29, 1.82) is 0 Å². The Morgan fingerprint density at radius 1 is 0.625 bits per heavy atom. The van der Waals surface area contributed by atoms with Crippen molar-refractivity contribution in [3.05, 3.63) is 72.8 Å². The second kappa shape index (κ2) is 15.2. The average Bonchev–Trinajstić information content (AvgIpc) is 2.95. The smallest absolute Gasteiger partial charge is 0.413 e. The molecule has 40 heavy (non-hydrogen) atoms. The number of ether oxygens (including phenoxy) is 4. The van der Waals surface area contributed by atoms with Crippen LogP contribution in [0.4, 0.5) is 21.0 Å². The molecule has 0 aliphatic heterocycles. The third-order valence-corrected chi connectivity index (χ3v) is 4.95. The first-order valence-corrected chi connectivity index (χ1v) is 12.4. The zero-order chi connectivity index (χ0) is 28.7. The predicted molar refractivity (Wildman–Crippen MR) is 154 cm³/mol. The predicted octanol–water partition coefficient (Wildman–Crippen LogP) is 5.56. The van der Waals surface area contributed by atoms with E-state index in [-0.39, 0.29) is 25.1 Å². The van der Waals surface area contributed by atoms with Crippen LogP contribution in [0, 0.1) is 0 Å². The topological polar surface area (TPSA) is 144 Å². The van der Waals surface area contributed by atoms with Crippen LogP contribution >= 0.6 is 0 Å². The van der Waals surface area contributed by atoms with Gasteiger partial charge in [-0.1, -0.05) is 6.07 Å². The molecule has 0 saturated heterocycles. The monoisotopic (exact) mass is 548 g/mol. The molecular weight excluding hydrogens is 516 g/mol. The molecule has 2 amide bonds. The number of carbonyl (C=O) groups excluding carboxylic acids is 2. The fraction of sp³-hybridized carbons (Fsp3) is 0.214. The first kappa shape index (κ1) is 29.3. The lowest BCUT2D eigenvalue weighted by Crippen LogP contribution is -2.36. The molecule has 0 heterocycles. The van der Waals surface area contributed by atoms with Crippen molar-refractivity contribution in [1.82, 2.24) is 10.6 Å². The molecule has 4 N–H and O–H groups in total. The summed E-state index contributed by atoms with van der Waals surface area (Å²) in [6, 6.07) is 21.5. The maximum absolute atomic E-state index is 11.6. The summed E-state index contributed by atoms with van der Waals surface area (Å²) < 4.78 is 21.7. The molecule has 0 atom stereocenters. The van der Waals surface area contributed by atoms with Crippen LogP contribution in [0.25, 0.3) is 0 Å². The van der Waals surface area contributed by atoms with E-state index >= 15 is 0 Å². The largest absolute Gasteiger partial charge is 0.457 e. The molecule has 0 aliphatic carbocycles. The lowest BCUT2D eigenvalue weighted by atomic mass is 10.3. The van der Waals surface area contributed by atoms with Crippen LogP contribution < -0.4 is 30.7 Å². The highest BCUT2D eigenvalue weighted by Gasteiger charge is 2.08. The lowest BCUT2D eigenvalue weighted by molar-refractivity contribution is 0.156. The van der Waals surface area contributed by atoms with Crippen molar-refractivity contribution in [2.24, 2.45) is 9.98 Å². The highest BCUT2D eigenvalue weighted by molar-refractivity contribution is 6.02. The minimum absolute atomic E-state index is 0.257. The second-order valence-electron chi connectivity index (χ2n) is 7.81. The summed E-state index contributed by atoms with van der Waals surface area (Å²) in [6.45, 7) is 3.97. The van der Waals surface area contributed by atoms with Crippen LogP contribution in [0.15, 0.2) is 82.8 Å². The van der Waals surface area contributed by atoms with Crippen LogP contribution in [0.2, 0.25) is 0 Å². The molecule has 0 saturated carbocycles. The van der Waals surface area contributed by atoms with Gasteiger partial charge >= 0.3 is 12.2 Å². The number of nitrogens with zero attached hydrogens (tertiary/aromatic N) is 2. The van der Waals surface area contributed by atoms with Gasteiger partial charge in [0.25, 0.3) is 0 Å². The molecule has 3 rings (SSSR count). The van der Waals surface area contributed by atoms with Crippen molar-refractivity contribution < 1.29 is 28.5 Å². The van der Waals surface area contributed by atoms with Crippen molar-refractivity contribution in [3.63, 3.8) is 0 Å². The number of anilines is 2. The number of hydrogen-bond donors (Lipinski definition) is 4. The van der Waals surface area contributed by atoms with Gasteiger partial charge < -0.3 is 29.6 Å². The van der Waals surface area contributed by atoms with Gasteiger partial charge in [0.2, 0.25) is 11.9 Å². The third kappa shape index (κ3) is 9.56. The summed E-state index contributed by atoms with van der Waals surface area (Å²) in [5.41, 5.74) is 1.41. The van der Waals surface area contributed by atoms with Crippen molar-refractivity contribution in [2.75, 3.05) is 37.9 Å². The Hall–Kier alpha value is -5.26. The zero-order valence-corrected chi connectivity index (χ0v) is 22.7. The van der Waals surface area contributed by atoms with Gasteiger partial charge in [-0.2, -0.15) is 0 Å². The summed E-state index contributed by atoms with van der Waals surface area (Å²) in [7, 11) is 3.10. The minimum atomic E-state index is -0.589. The van der Waals surface area contributed by atoms with Crippen LogP contribution in [0.5, 0.6) is 23.0 Å². The van der Waals surface area contributed by atoms with Gasteiger partial charge in [-0.25, -0.2) is 9.59 Å². The van der Waals surface area contributed by atoms with E-state index in [0.717, 1.165) is 0 Å². The number of nitrogens with one attached hydrogen (secondary N) is 4. The van der Waals surface area contributed by atoms with Gasteiger partial charge in [-0.15, -0.1) is 0 Å². The van der Waals surface area contributed by atoms with E-state index in [2.05, 4.69) is 31.3 Å². The number of benzene rings is 3. The number of alkyl carbamates (subject to hydrolysis) is 2. The Morgan fingerprint density at radius 3 is 1.38 bits per heavy atom. The van der Waals surface area contributed by atoms with Crippen LogP contribution in [0.1, 0.15) is 13.8 Å². The lowest BCUT2D eigenvalue weighted by Gasteiger charge is -2.13. The maximum Gasteiger partial charge on any atom is 0.413 e. The summed E-state index contributed by atoms with van der Waals surface area (Å²) in [6.07, 6.45) is -1.18. The Bertz CT molecular complexity index is 1230. The van der Waals surface area contributed by atoms with E-state index in [0.29, 0.717) is 34.4 Å². The zero-order valence-electron chi connectivity index (χ0n) is 22.7. The molecule has 210 valence electrons. The summed E-state index contributed by atoms with van der Waals surface area (Å²) in [5, 5.41) is 11.1. The summed E-state index contributed by atoms with van der Waals surface area (Å²) >= 11 is 0. The molecule has 0 aromatic heterocycles. The van der Waals surface area contributed by atoms with Crippen molar-refractivity contribution in [3.8, 4) is 23.0 Å². The van der Waals surface area contributed by atoms with Gasteiger partial charge in [-0.3, -0.25) is 20.6 Å². The van der Waals surface area contributed by atoms with E-state index in [1.54, 1.807) is 82.5 Å². The number of carbonyl (C=O) groups is 2. The van der Waals surface area contributed by atoms with E-state index < -0.39 is 12.2 Å². The number of aliphatic imine (C=N–C) groups is 2. The Balaban J connectivity index is 1.56. The van der Waals surface area contributed by atoms with Gasteiger partial charge in [0.05, 0.1) is 13.2 Å². The maximum atomic E-state index is 11.6. The van der Waals surface area contributed by atoms with E-state index in [9.17, 15) is 9.59 Å². The van der Waals surface area contributed by atoms with Crippen molar-refractivity contribution >= 4 is 35.5 Å². The van der Waals surface area contributed by atoms with Crippen LogP contribution in [-0.2, 0) is 9.47 Å². The second-order valence-corrected chi connectivity index (χ2v) is 7.81. The molecule has 3 aromatic carbocycles. The molecule has 0 unspecified atom stereocenters. The first-order valence-electron chi connectivity index (χ1n) is 12.4. The molecule has 0 radical (unpaired) electrons. The Morgan fingerprint density at radius 2 is 1.02 bits per heavy atom. The quantitative estimate of drug-likeness (QED) is 0.212. The first-order chi connectivity index (χ1) is 19.4. The molecule has 0 spiro atoms. The van der Waals surface area contributed by atoms with Crippen LogP contribution in [0.3, 0.4) is 0 Å². The fourth-order valence-corrected chi connectivity index (χ4v) is 3.17. The Kier molecular flexibility index (Phi) is 11.2. The SMILES string of the molecule is CCOC(=O)NC(=NC)Nc1ccc(Oc2cccc(Oc3ccc(NC(=NC)NC(=O)OCC)cc3)c2)cc1. The molecule has 0 bridgehead atoms. The minimum Gasteiger partial charge on any atom is -0.457 e. The molecule has 0 fully saturated rings. The average molecular weight is 549 g/mol. The van der Waals surface area contributed by atoms with Crippen molar-refractivity contribution in [2.45, 2.75) is 13.8 Å². The molecule has 0 aliphatic rings. The summed E-state index contributed by atoms with van der Waals surface area (Å²) in [5.74, 6) is 2.91. The summed E-state index contributed by atoms with van der Waals surface area (Å²) in [4.78, 5) is 31.2. The van der Waals surface area contributed by atoms with Gasteiger partial charge in [0, 0.05) is 31.5 Å². The fourth-order valence-electron chi connectivity index (χ4n) is 3.17. The van der Waals surface area contributed by atoms with Crippen LogP contribution in [-0.4, -0.2) is 51.4 Å². The Labute approximate surface area is 232 Å². The molecule has 3 aromatic rings. The van der Waals surface area contributed by atoms with Gasteiger partial charge in [0.15, 0.2) is 0 Å². The number of rotatable bonds is 8.